The van der Waals surface area contributed by atoms with E-state index in [9.17, 15) is 0 Å². The van der Waals surface area contributed by atoms with Crippen LogP contribution < -0.4 is 0 Å². The van der Waals surface area contributed by atoms with E-state index in [1.165, 1.54) is 31.2 Å². The molecule has 1 heteroatoms. The van der Waals surface area contributed by atoms with Gasteiger partial charge in [-0.25, -0.2) is 0 Å². The second-order valence-electron chi connectivity index (χ2n) is 4.07. The molecule has 0 aliphatic heterocycles. The number of hydrogen-bond acceptors (Lipinski definition) is 1. The molecular weight excluding hydrogens is 188 g/mol. The smallest absolute Gasteiger partial charge is 0.00401 e. The van der Waals surface area contributed by atoms with E-state index in [1.54, 1.807) is 0 Å². The molecule has 1 aromatic rings. The van der Waals surface area contributed by atoms with Crippen molar-refractivity contribution in [2.75, 3.05) is 0 Å². The predicted molar refractivity (Wildman–Crippen MR) is 66.1 cm³/mol. The molecule has 0 saturated carbocycles. The van der Waals surface area contributed by atoms with Crippen LogP contribution in [0.25, 0.3) is 0 Å². The average molecular weight is 208 g/mol. The summed E-state index contributed by atoms with van der Waals surface area (Å²) in [5.41, 5.74) is 1.44. The van der Waals surface area contributed by atoms with Crippen molar-refractivity contribution in [3.8, 4) is 0 Å². The SMILES string of the molecule is CCC(C)CCCc1ccc(S)cc1. The summed E-state index contributed by atoms with van der Waals surface area (Å²) >= 11 is 4.27. The van der Waals surface area contributed by atoms with Gasteiger partial charge in [-0.3, -0.25) is 0 Å². The molecule has 0 N–H and O–H groups in total. The van der Waals surface area contributed by atoms with Crippen molar-refractivity contribution in [3.05, 3.63) is 29.8 Å². The number of benzene rings is 1. The minimum absolute atomic E-state index is 0.874. The third-order valence-corrected chi connectivity index (χ3v) is 3.09. The summed E-state index contributed by atoms with van der Waals surface area (Å²) in [4.78, 5) is 1.05. The van der Waals surface area contributed by atoms with Crippen LogP contribution in [-0.2, 0) is 6.42 Å². The van der Waals surface area contributed by atoms with Gasteiger partial charge in [0.05, 0.1) is 0 Å². The maximum absolute atomic E-state index is 4.27. The van der Waals surface area contributed by atoms with Crippen LogP contribution in [0.15, 0.2) is 29.2 Å². The molecule has 0 aliphatic carbocycles. The first-order valence-corrected chi connectivity index (χ1v) is 5.95. The van der Waals surface area contributed by atoms with Crippen molar-refractivity contribution in [1.82, 2.24) is 0 Å². The van der Waals surface area contributed by atoms with Gasteiger partial charge < -0.3 is 0 Å². The molecule has 1 rings (SSSR count). The maximum Gasteiger partial charge on any atom is 0.00401 e. The Bertz CT molecular complexity index is 250. The van der Waals surface area contributed by atoms with Gasteiger partial charge in [-0.15, -0.1) is 12.6 Å². The Morgan fingerprint density at radius 1 is 1.21 bits per heavy atom. The van der Waals surface area contributed by atoms with Crippen molar-refractivity contribution < 1.29 is 0 Å². The van der Waals surface area contributed by atoms with Crippen molar-refractivity contribution in [3.63, 3.8) is 0 Å². The molecule has 1 aromatic carbocycles. The van der Waals surface area contributed by atoms with Crippen LogP contribution in [0.5, 0.6) is 0 Å². The number of thiol groups is 1. The predicted octanol–water partition coefficient (Wildman–Crippen LogP) is 4.34. The van der Waals surface area contributed by atoms with Gasteiger partial charge in [0.25, 0.3) is 0 Å². The third kappa shape index (κ3) is 4.19. The van der Waals surface area contributed by atoms with Crippen LogP contribution in [0, 0.1) is 5.92 Å². The van der Waals surface area contributed by atoms with Crippen molar-refractivity contribution >= 4 is 12.6 Å². The molecule has 14 heavy (non-hydrogen) atoms. The van der Waals surface area contributed by atoms with E-state index in [4.69, 9.17) is 0 Å². The first kappa shape index (κ1) is 11.6. The van der Waals surface area contributed by atoms with Crippen molar-refractivity contribution in [2.45, 2.75) is 44.4 Å². The lowest BCUT2D eigenvalue weighted by Crippen LogP contribution is -1.93. The first-order chi connectivity index (χ1) is 6.72. The standard InChI is InChI=1S/C13H20S/c1-3-11(2)5-4-6-12-7-9-13(14)10-8-12/h7-11,14H,3-6H2,1-2H3. The van der Waals surface area contributed by atoms with E-state index in [2.05, 4.69) is 50.7 Å². The molecule has 0 spiro atoms. The molecular formula is C13H20S. The number of rotatable bonds is 5. The van der Waals surface area contributed by atoms with E-state index in [0.29, 0.717) is 0 Å². The molecule has 0 aliphatic rings. The lowest BCUT2D eigenvalue weighted by atomic mass is 9.99. The largest absolute Gasteiger partial charge is 0.143 e. The van der Waals surface area contributed by atoms with E-state index in [-0.39, 0.29) is 0 Å². The molecule has 0 fully saturated rings. The second kappa shape index (κ2) is 6.13. The second-order valence-corrected chi connectivity index (χ2v) is 4.59. The minimum Gasteiger partial charge on any atom is -0.143 e. The summed E-state index contributed by atoms with van der Waals surface area (Å²) in [5.74, 6) is 0.874. The van der Waals surface area contributed by atoms with Gasteiger partial charge in [-0.2, -0.15) is 0 Å². The highest BCUT2D eigenvalue weighted by Gasteiger charge is 1.99. The molecule has 0 saturated heterocycles. The molecule has 0 nitrogen and oxygen atoms in total. The van der Waals surface area contributed by atoms with Crippen LogP contribution in [-0.4, -0.2) is 0 Å². The normalized spacial score (nSPS) is 12.8. The number of hydrogen-bond donors (Lipinski definition) is 1. The van der Waals surface area contributed by atoms with E-state index in [1.807, 2.05) is 0 Å². The van der Waals surface area contributed by atoms with Crippen LogP contribution >= 0.6 is 12.6 Å². The lowest BCUT2D eigenvalue weighted by molar-refractivity contribution is 0.495. The number of aryl methyl sites for hydroxylation is 1. The zero-order valence-electron chi connectivity index (χ0n) is 9.16. The topological polar surface area (TPSA) is 0 Å². The summed E-state index contributed by atoms with van der Waals surface area (Å²) in [6.07, 6.45) is 5.16. The minimum atomic E-state index is 0.874. The highest BCUT2D eigenvalue weighted by molar-refractivity contribution is 7.80. The molecule has 1 unspecified atom stereocenters. The van der Waals surface area contributed by atoms with Gasteiger partial charge in [0, 0.05) is 4.90 Å². The molecule has 1 atom stereocenters. The van der Waals surface area contributed by atoms with E-state index >= 15 is 0 Å². The molecule has 0 aromatic heterocycles. The highest BCUT2D eigenvalue weighted by Crippen LogP contribution is 2.14. The third-order valence-electron chi connectivity index (χ3n) is 2.80. The Labute approximate surface area is 93.1 Å². The van der Waals surface area contributed by atoms with Gasteiger partial charge in [0.2, 0.25) is 0 Å². The summed E-state index contributed by atoms with van der Waals surface area (Å²) in [6, 6.07) is 8.50. The van der Waals surface area contributed by atoms with Crippen LogP contribution in [0.4, 0.5) is 0 Å². The fourth-order valence-corrected chi connectivity index (χ4v) is 1.67. The molecule has 0 heterocycles. The highest BCUT2D eigenvalue weighted by atomic mass is 32.1. The zero-order valence-corrected chi connectivity index (χ0v) is 10.1. The zero-order chi connectivity index (χ0) is 10.4. The Morgan fingerprint density at radius 3 is 2.43 bits per heavy atom. The maximum atomic E-state index is 4.27. The fourth-order valence-electron chi connectivity index (χ4n) is 1.52. The summed E-state index contributed by atoms with van der Waals surface area (Å²) in [6.45, 7) is 4.59. The van der Waals surface area contributed by atoms with Gasteiger partial charge in [0.15, 0.2) is 0 Å². The lowest BCUT2D eigenvalue weighted by Gasteiger charge is -2.07. The fraction of sp³-hybridized carbons (Fsp3) is 0.538. The average Bonchev–Trinajstić information content (AvgIpc) is 2.21. The van der Waals surface area contributed by atoms with Gasteiger partial charge in [-0.1, -0.05) is 38.8 Å². The van der Waals surface area contributed by atoms with Crippen molar-refractivity contribution in [1.29, 1.82) is 0 Å². The van der Waals surface area contributed by atoms with Crippen LogP contribution in [0.2, 0.25) is 0 Å². The first-order valence-electron chi connectivity index (χ1n) is 5.50. The monoisotopic (exact) mass is 208 g/mol. The summed E-state index contributed by atoms with van der Waals surface area (Å²) < 4.78 is 0. The Hall–Kier alpha value is -0.430. The van der Waals surface area contributed by atoms with E-state index in [0.717, 1.165) is 10.8 Å². The summed E-state index contributed by atoms with van der Waals surface area (Å²) in [7, 11) is 0. The Morgan fingerprint density at radius 2 is 1.86 bits per heavy atom. The molecule has 0 radical (unpaired) electrons. The van der Waals surface area contributed by atoms with Gasteiger partial charge in [-0.05, 0) is 36.5 Å². The molecule has 78 valence electrons. The van der Waals surface area contributed by atoms with Crippen LogP contribution in [0.1, 0.15) is 38.7 Å². The van der Waals surface area contributed by atoms with Gasteiger partial charge in [0.1, 0.15) is 0 Å². The van der Waals surface area contributed by atoms with Crippen molar-refractivity contribution in [2.24, 2.45) is 5.92 Å². The Kier molecular flexibility index (Phi) is 5.10. The molecule has 0 bridgehead atoms. The van der Waals surface area contributed by atoms with Crippen LogP contribution in [0.3, 0.4) is 0 Å². The quantitative estimate of drug-likeness (QED) is 0.684. The van der Waals surface area contributed by atoms with Gasteiger partial charge >= 0.3 is 0 Å². The Balaban J connectivity index is 2.28. The molecule has 0 amide bonds. The summed E-state index contributed by atoms with van der Waals surface area (Å²) in [5, 5.41) is 0. The van der Waals surface area contributed by atoms with E-state index < -0.39 is 0 Å².